The molecule has 0 saturated heterocycles. The van der Waals surface area contributed by atoms with Gasteiger partial charge in [-0.1, -0.05) is 110 Å². The molecule has 0 N–H and O–H groups in total. The van der Waals surface area contributed by atoms with Crippen molar-refractivity contribution in [3.05, 3.63) is 5.75 Å². The minimum Gasteiger partial charge on any atom is -0.157 e. The molecule has 0 aromatic carbocycles. The van der Waals surface area contributed by atoms with E-state index in [1.54, 1.807) is 0 Å². The van der Waals surface area contributed by atoms with Crippen molar-refractivity contribution >= 4 is 11.8 Å². The number of hydrogen-bond acceptors (Lipinski definition) is 1. The molecule has 0 aliphatic rings. The van der Waals surface area contributed by atoms with Crippen LogP contribution in [-0.2, 0) is 0 Å². The summed E-state index contributed by atoms with van der Waals surface area (Å²) in [6.45, 7) is 4.58. The zero-order chi connectivity index (χ0) is 16.1. The SMILES string of the molecule is CCCCCCCCCCCC[CH]SCCCCCCCC. The smallest absolute Gasteiger partial charge is 0.0166 e. The van der Waals surface area contributed by atoms with Crippen LogP contribution in [-0.4, -0.2) is 5.75 Å². The van der Waals surface area contributed by atoms with Gasteiger partial charge in [-0.25, -0.2) is 0 Å². The summed E-state index contributed by atoms with van der Waals surface area (Å²) < 4.78 is 0. The Bertz CT molecular complexity index is 159. The van der Waals surface area contributed by atoms with E-state index < -0.39 is 0 Å². The van der Waals surface area contributed by atoms with Gasteiger partial charge >= 0.3 is 0 Å². The van der Waals surface area contributed by atoms with Crippen LogP contribution >= 0.6 is 11.8 Å². The standard InChI is InChI=1S/C21H43S/c1-3-5-7-9-11-12-13-14-15-17-19-21-22-20-18-16-10-8-6-4-2/h21H,3-20H2,1-2H3. The first kappa shape index (κ1) is 22.4. The molecule has 133 valence electrons. The normalized spacial score (nSPS) is 11.2. The van der Waals surface area contributed by atoms with Gasteiger partial charge in [-0.15, -0.1) is 0 Å². The van der Waals surface area contributed by atoms with Gasteiger partial charge in [0.05, 0.1) is 0 Å². The molecule has 0 atom stereocenters. The third-order valence-electron chi connectivity index (χ3n) is 4.41. The summed E-state index contributed by atoms with van der Waals surface area (Å²) in [4.78, 5) is 0. The lowest BCUT2D eigenvalue weighted by atomic mass is 10.1. The van der Waals surface area contributed by atoms with E-state index in [-0.39, 0.29) is 0 Å². The quantitative estimate of drug-likeness (QED) is 0.214. The highest BCUT2D eigenvalue weighted by Gasteiger charge is 1.95. The maximum Gasteiger partial charge on any atom is 0.0166 e. The van der Waals surface area contributed by atoms with Crippen LogP contribution in [0.15, 0.2) is 0 Å². The summed E-state index contributed by atoms with van der Waals surface area (Å²) in [6, 6.07) is 0. The lowest BCUT2D eigenvalue weighted by Gasteiger charge is -2.03. The Morgan fingerprint density at radius 3 is 1.41 bits per heavy atom. The van der Waals surface area contributed by atoms with E-state index in [1.807, 2.05) is 0 Å². The number of rotatable bonds is 19. The van der Waals surface area contributed by atoms with Crippen LogP contribution in [0.25, 0.3) is 0 Å². The summed E-state index contributed by atoms with van der Waals surface area (Å²) in [7, 11) is 0. The third kappa shape index (κ3) is 20.3. The topological polar surface area (TPSA) is 0 Å². The molecular formula is C21H43S. The summed E-state index contributed by atoms with van der Waals surface area (Å²) >= 11 is 2.07. The Hall–Kier alpha value is 0.350. The van der Waals surface area contributed by atoms with E-state index in [0.29, 0.717) is 0 Å². The van der Waals surface area contributed by atoms with Crippen molar-refractivity contribution in [2.45, 2.75) is 123 Å². The predicted molar refractivity (Wildman–Crippen MR) is 107 cm³/mol. The van der Waals surface area contributed by atoms with E-state index in [1.165, 1.54) is 115 Å². The maximum absolute atomic E-state index is 2.47. The summed E-state index contributed by atoms with van der Waals surface area (Å²) in [5.41, 5.74) is 0. The average Bonchev–Trinajstić information content (AvgIpc) is 2.54. The maximum atomic E-state index is 2.47. The fourth-order valence-electron chi connectivity index (χ4n) is 2.85. The van der Waals surface area contributed by atoms with Gasteiger partial charge in [0.1, 0.15) is 0 Å². The fourth-order valence-corrected chi connectivity index (χ4v) is 3.72. The van der Waals surface area contributed by atoms with Crippen molar-refractivity contribution in [3.63, 3.8) is 0 Å². The second-order valence-corrected chi connectivity index (χ2v) is 7.85. The van der Waals surface area contributed by atoms with Crippen molar-refractivity contribution in [2.75, 3.05) is 5.75 Å². The van der Waals surface area contributed by atoms with Crippen molar-refractivity contribution in [3.8, 4) is 0 Å². The van der Waals surface area contributed by atoms with Gasteiger partial charge in [0.15, 0.2) is 0 Å². The van der Waals surface area contributed by atoms with Crippen molar-refractivity contribution < 1.29 is 0 Å². The molecule has 0 bridgehead atoms. The highest BCUT2D eigenvalue weighted by Crippen LogP contribution is 2.17. The number of thioether (sulfide) groups is 1. The minimum absolute atomic E-state index is 1.33. The Morgan fingerprint density at radius 2 is 0.909 bits per heavy atom. The van der Waals surface area contributed by atoms with Crippen molar-refractivity contribution in [2.24, 2.45) is 0 Å². The Balaban J connectivity index is 2.91. The Morgan fingerprint density at radius 1 is 0.500 bits per heavy atom. The van der Waals surface area contributed by atoms with Crippen LogP contribution in [0.3, 0.4) is 0 Å². The first-order valence-corrected chi connectivity index (χ1v) is 11.4. The third-order valence-corrected chi connectivity index (χ3v) is 5.40. The van der Waals surface area contributed by atoms with E-state index in [0.717, 1.165) is 0 Å². The van der Waals surface area contributed by atoms with Crippen LogP contribution in [0.5, 0.6) is 0 Å². The summed E-state index contributed by atoms with van der Waals surface area (Å²) in [5.74, 6) is 3.82. The molecule has 0 rings (SSSR count). The van der Waals surface area contributed by atoms with Crippen LogP contribution < -0.4 is 0 Å². The Kier molecular flexibility index (Phi) is 21.7. The molecule has 0 nitrogen and oxygen atoms in total. The molecule has 22 heavy (non-hydrogen) atoms. The Labute approximate surface area is 146 Å². The minimum atomic E-state index is 1.33. The van der Waals surface area contributed by atoms with Gasteiger partial charge in [-0.3, -0.25) is 0 Å². The highest BCUT2D eigenvalue weighted by molar-refractivity contribution is 8.01. The zero-order valence-electron chi connectivity index (χ0n) is 15.7. The van der Waals surface area contributed by atoms with Gasteiger partial charge in [-0.05, 0) is 18.6 Å². The van der Waals surface area contributed by atoms with Gasteiger partial charge in [-0.2, -0.15) is 11.8 Å². The lowest BCUT2D eigenvalue weighted by molar-refractivity contribution is 0.557. The van der Waals surface area contributed by atoms with E-state index in [9.17, 15) is 0 Å². The molecule has 0 spiro atoms. The average molecular weight is 328 g/mol. The van der Waals surface area contributed by atoms with Gasteiger partial charge in [0.2, 0.25) is 0 Å². The van der Waals surface area contributed by atoms with Crippen LogP contribution in [0.2, 0.25) is 0 Å². The monoisotopic (exact) mass is 327 g/mol. The van der Waals surface area contributed by atoms with E-state index >= 15 is 0 Å². The van der Waals surface area contributed by atoms with Crippen molar-refractivity contribution in [1.82, 2.24) is 0 Å². The zero-order valence-corrected chi connectivity index (χ0v) is 16.5. The lowest BCUT2D eigenvalue weighted by Crippen LogP contribution is -1.84. The summed E-state index contributed by atoms with van der Waals surface area (Å²) in [6.07, 6.45) is 24.4. The molecule has 0 aromatic heterocycles. The molecular weight excluding hydrogens is 284 g/mol. The molecule has 1 radical (unpaired) electrons. The van der Waals surface area contributed by atoms with E-state index in [4.69, 9.17) is 0 Å². The second kappa shape index (κ2) is 21.4. The van der Waals surface area contributed by atoms with Crippen LogP contribution in [0.4, 0.5) is 0 Å². The van der Waals surface area contributed by atoms with Crippen LogP contribution in [0.1, 0.15) is 123 Å². The molecule has 0 fully saturated rings. The predicted octanol–water partition coefficient (Wildman–Crippen LogP) is 8.55. The molecule has 0 aromatic rings. The first-order valence-electron chi connectivity index (χ1n) is 10.3. The van der Waals surface area contributed by atoms with E-state index in [2.05, 4.69) is 31.4 Å². The molecule has 1 heteroatoms. The summed E-state index contributed by atoms with van der Waals surface area (Å²) in [5, 5.41) is 0. The first-order chi connectivity index (χ1) is 10.9. The molecule has 0 aliphatic carbocycles. The molecule has 0 heterocycles. The highest BCUT2D eigenvalue weighted by atomic mass is 32.2. The number of hydrogen-bond donors (Lipinski definition) is 0. The van der Waals surface area contributed by atoms with Crippen LogP contribution in [0, 0.1) is 5.75 Å². The molecule has 0 aliphatic heterocycles. The second-order valence-electron chi connectivity index (χ2n) is 6.78. The largest absolute Gasteiger partial charge is 0.157 e. The van der Waals surface area contributed by atoms with Gasteiger partial charge < -0.3 is 0 Å². The van der Waals surface area contributed by atoms with Gasteiger partial charge in [0.25, 0.3) is 0 Å². The molecule has 0 saturated carbocycles. The fraction of sp³-hybridized carbons (Fsp3) is 0.952. The van der Waals surface area contributed by atoms with Gasteiger partial charge in [0, 0.05) is 5.75 Å². The molecule has 0 unspecified atom stereocenters. The van der Waals surface area contributed by atoms with Crippen molar-refractivity contribution in [1.29, 1.82) is 0 Å². The molecule has 0 amide bonds. The number of unbranched alkanes of at least 4 members (excludes halogenated alkanes) is 15.